The van der Waals surface area contributed by atoms with Gasteiger partial charge in [-0.15, -0.1) is 0 Å². The van der Waals surface area contributed by atoms with E-state index >= 15 is 0 Å². The lowest BCUT2D eigenvalue weighted by molar-refractivity contribution is 0.248. The average molecular weight is 376 g/mol. The molecular weight excluding hydrogens is 360 g/mol. The molecule has 0 aliphatic heterocycles. The molecular formula is C19H16N6OS. The van der Waals surface area contributed by atoms with Crippen molar-refractivity contribution in [2.75, 3.05) is 5.73 Å². The van der Waals surface area contributed by atoms with Gasteiger partial charge in [0.05, 0.1) is 27.5 Å². The number of benzene rings is 1. The number of hydrogen-bond acceptors (Lipinski definition) is 6. The van der Waals surface area contributed by atoms with Gasteiger partial charge < -0.3 is 11.5 Å². The van der Waals surface area contributed by atoms with Gasteiger partial charge in [-0.2, -0.15) is 9.78 Å². The highest BCUT2D eigenvalue weighted by molar-refractivity contribution is 7.18. The number of nitrogens with two attached hydrogens (primary N) is 2. The molecule has 0 aliphatic carbocycles. The standard InChI is InChI=1S/C19H16N6OS/c1-11-17(27-18(20)23-11)12-5-7-14-15(8-6-13-4-2-3-9-22-13)24-25(19(21)26)16(14)10-12/h2-10H,1H3,(H2,20,23)(H2,21,26)/b8-6+. The van der Waals surface area contributed by atoms with E-state index in [0.29, 0.717) is 16.3 Å². The summed E-state index contributed by atoms with van der Waals surface area (Å²) in [5, 5.41) is 5.68. The predicted molar refractivity (Wildman–Crippen MR) is 108 cm³/mol. The van der Waals surface area contributed by atoms with Crippen LogP contribution in [0.4, 0.5) is 9.93 Å². The topological polar surface area (TPSA) is 113 Å². The molecule has 0 radical (unpaired) electrons. The van der Waals surface area contributed by atoms with Gasteiger partial charge >= 0.3 is 6.03 Å². The Morgan fingerprint density at radius 1 is 1.22 bits per heavy atom. The monoisotopic (exact) mass is 376 g/mol. The van der Waals surface area contributed by atoms with Crippen molar-refractivity contribution in [3.05, 3.63) is 59.7 Å². The molecule has 0 spiro atoms. The van der Waals surface area contributed by atoms with Crippen molar-refractivity contribution >= 4 is 45.6 Å². The second-order valence-corrected chi connectivity index (χ2v) is 6.95. The number of rotatable bonds is 3. The zero-order valence-electron chi connectivity index (χ0n) is 14.5. The highest BCUT2D eigenvalue weighted by Gasteiger charge is 2.15. The number of primary amides is 1. The molecule has 0 bridgehead atoms. The molecule has 1 amide bonds. The van der Waals surface area contributed by atoms with Gasteiger partial charge in [0.2, 0.25) is 0 Å². The Morgan fingerprint density at radius 2 is 2.07 bits per heavy atom. The van der Waals surface area contributed by atoms with Gasteiger partial charge in [-0.3, -0.25) is 4.98 Å². The van der Waals surface area contributed by atoms with Gasteiger partial charge in [0.1, 0.15) is 0 Å². The average Bonchev–Trinajstić information content (AvgIpc) is 3.20. The minimum Gasteiger partial charge on any atom is -0.375 e. The van der Waals surface area contributed by atoms with E-state index in [-0.39, 0.29) is 0 Å². The largest absolute Gasteiger partial charge is 0.375 e. The lowest BCUT2D eigenvalue weighted by Crippen LogP contribution is -2.20. The second kappa shape index (κ2) is 6.65. The van der Waals surface area contributed by atoms with Gasteiger partial charge in [-0.25, -0.2) is 9.78 Å². The van der Waals surface area contributed by atoms with Crippen molar-refractivity contribution < 1.29 is 4.79 Å². The number of aromatic nitrogens is 4. The Hall–Kier alpha value is -3.52. The summed E-state index contributed by atoms with van der Waals surface area (Å²) in [6.45, 7) is 1.90. The van der Waals surface area contributed by atoms with Gasteiger partial charge in [0, 0.05) is 11.6 Å². The number of pyridine rings is 1. The Labute approximate surface area is 159 Å². The lowest BCUT2D eigenvalue weighted by atomic mass is 10.1. The number of thiazole rings is 1. The van der Waals surface area contributed by atoms with Crippen molar-refractivity contribution in [3.8, 4) is 10.4 Å². The first-order valence-corrected chi connectivity index (χ1v) is 8.99. The van der Waals surface area contributed by atoms with Crippen molar-refractivity contribution in [3.63, 3.8) is 0 Å². The predicted octanol–water partition coefficient (Wildman–Crippen LogP) is 3.54. The first-order valence-electron chi connectivity index (χ1n) is 8.18. The summed E-state index contributed by atoms with van der Waals surface area (Å²) in [4.78, 5) is 21.3. The maximum Gasteiger partial charge on any atom is 0.340 e. The SMILES string of the molecule is Cc1nc(N)sc1-c1ccc2c(/C=C/c3ccccn3)nn(C(N)=O)c2c1. The normalized spacial score (nSPS) is 11.4. The molecule has 4 rings (SSSR count). The number of aryl methyl sites for hydroxylation is 1. The molecule has 7 nitrogen and oxygen atoms in total. The van der Waals surface area contributed by atoms with Crippen molar-refractivity contribution in [1.29, 1.82) is 0 Å². The minimum atomic E-state index is -0.643. The molecule has 27 heavy (non-hydrogen) atoms. The fourth-order valence-corrected chi connectivity index (χ4v) is 3.73. The smallest absolute Gasteiger partial charge is 0.340 e. The number of carbonyl (C=O) groups excluding carboxylic acids is 1. The summed E-state index contributed by atoms with van der Waals surface area (Å²) in [5.41, 5.74) is 15.2. The molecule has 8 heteroatoms. The Bertz CT molecular complexity index is 1180. The molecule has 4 aromatic rings. The summed E-state index contributed by atoms with van der Waals surface area (Å²) in [6.07, 6.45) is 5.38. The van der Waals surface area contributed by atoms with E-state index in [1.54, 1.807) is 6.20 Å². The summed E-state index contributed by atoms with van der Waals surface area (Å²) in [7, 11) is 0. The van der Waals surface area contributed by atoms with Crippen LogP contribution >= 0.6 is 11.3 Å². The van der Waals surface area contributed by atoms with Crippen LogP contribution in [-0.2, 0) is 0 Å². The van der Waals surface area contributed by atoms with Crippen LogP contribution in [0.15, 0.2) is 42.6 Å². The number of anilines is 1. The number of nitrogens with zero attached hydrogens (tertiary/aromatic N) is 4. The first kappa shape index (κ1) is 16.9. The van der Waals surface area contributed by atoms with Gasteiger partial charge in [0.25, 0.3) is 0 Å². The maximum atomic E-state index is 11.9. The third-order valence-electron chi connectivity index (χ3n) is 4.09. The van der Waals surface area contributed by atoms with Crippen LogP contribution in [-0.4, -0.2) is 25.8 Å². The Balaban J connectivity index is 1.84. The van der Waals surface area contributed by atoms with Crippen LogP contribution in [0.2, 0.25) is 0 Å². The molecule has 0 saturated heterocycles. The van der Waals surface area contributed by atoms with E-state index in [4.69, 9.17) is 11.5 Å². The van der Waals surface area contributed by atoms with Crippen LogP contribution in [0.25, 0.3) is 33.5 Å². The molecule has 0 atom stereocenters. The lowest BCUT2D eigenvalue weighted by Gasteiger charge is -2.01. The van der Waals surface area contributed by atoms with Crippen molar-refractivity contribution in [2.45, 2.75) is 6.92 Å². The van der Waals surface area contributed by atoms with Crippen LogP contribution in [0.3, 0.4) is 0 Å². The van der Waals surface area contributed by atoms with Crippen molar-refractivity contribution in [1.82, 2.24) is 19.7 Å². The number of nitrogen functional groups attached to an aromatic ring is 1. The molecule has 0 unspecified atom stereocenters. The molecule has 0 fully saturated rings. The van der Waals surface area contributed by atoms with Gasteiger partial charge in [-0.05, 0) is 48.9 Å². The molecule has 4 N–H and O–H groups in total. The molecule has 3 aromatic heterocycles. The van der Waals surface area contributed by atoms with Crippen LogP contribution in [0, 0.1) is 6.92 Å². The fourth-order valence-electron chi connectivity index (χ4n) is 2.90. The summed E-state index contributed by atoms with van der Waals surface area (Å²) in [6, 6.07) is 10.8. The van der Waals surface area contributed by atoms with Gasteiger partial charge in [0.15, 0.2) is 5.13 Å². The summed E-state index contributed by atoms with van der Waals surface area (Å²) < 4.78 is 1.21. The Kier molecular flexibility index (Phi) is 4.17. The number of amides is 1. The van der Waals surface area contributed by atoms with Crippen LogP contribution < -0.4 is 11.5 Å². The molecule has 0 aliphatic rings. The number of carbonyl (C=O) groups is 1. The summed E-state index contributed by atoms with van der Waals surface area (Å²) >= 11 is 1.40. The highest BCUT2D eigenvalue weighted by atomic mass is 32.1. The Morgan fingerprint density at radius 3 is 2.74 bits per heavy atom. The summed E-state index contributed by atoms with van der Waals surface area (Å²) in [5.74, 6) is 0. The molecule has 0 saturated carbocycles. The zero-order chi connectivity index (χ0) is 19.0. The van der Waals surface area contributed by atoms with E-state index in [9.17, 15) is 4.79 Å². The van der Waals surface area contributed by atoms with E-state index < -0.39 is 6.03 Å². The van der Waals surface area contributed by atoms with Gasteiger partial charge in [-0.1, -0.05) is 23.5 Å². The van der Waals surface area contributed by atoms with Crippen molar-refractivity contribution in [2.24, 2.45) is 5.73 Å². The number of hydrogen-bond donors (Lipinski definition) is 2. The second-order valence-electron chi connectivity index (χ2n) is 5.92. The quantitative estimate of drug-likeness (QED) is 0.568. The fraction of sp³-hybridized carbons (Fsp3) is 0.0526. The van der Waals surface area contributed by atoms with E-state index in [2.05, 4.69) is 15.1 Å². The third kappa shape index (κ3) is 3.18. The molecule has 1 aromatic carbocycles. The zero-order valence-corrected chi connectivity index (χ0v) is 15.3. The van der Waals surface area contributed by atoms with E-state index in [1.807, 2.05) is 55.5 Å². The van der Waals surface area contributed by atoms with Crippen LogP contribution in [0.1, 0.15) is 17.1 Å². The number of fused-ring (bicyclic) bond motifs is 1. The van der Waals surface area contributed by atoms with Crippen LogP contribution in [0.5, 0.6) is 0 Å². The molecule has 134 valence electrons. The maximum absolute atomic E-state index is 11.9. The molecule has 3 heterocycles. The minimum absolute atomic E-state index is 0.505. The van der Waals surface area contributed by atoms with E-state index in [0.717, 1.165) is 27.2 Å². The van der Waals surface area contributed by atoms with E-state index in [1.165, 1.54) is 16.0 Å². The third-order valence-corrected chi connectivity index (χ3v) is 5.13. The highest BCUT2D eigenvalue weighted by Crippen LogP contribution is 2.34. The first-order chi connectivity index (χ1) is 13.0.